The van der Waals surface area contributed by atoms with Crippen LogP contribution in [-0.4, -0.2) is 59.5 Å². The van der Waals surface area contributed by atoms with E-state index in [1.165, 1.54) is 30.4 Å². The summed E-state index contributed by atoms with van der Waals surface area (Å²) in [6.07, 6.45) is 3.95. The van der Waals surface area contributed by atoms with E-state index in [9.17, 15) is 4.79 Å². The molecule has 1 saturated carbocycles. The number of amides is 1. The second kappa shape index (κ2) is 9.54. The van der Waals surface area contributed by atoms with Gasteiger partial charge in [0.25, 0.3) is 5.91 Å². The number of hydrazine groups is 1. The molecule has 3 N–H and O–H groups in total. The summed E-state index contributed by atoms with van der Waals surface area (Å²) < 4.78 is 6.05. The number of carbonyl (C=O) groups is 1. The van der Waals surface area contributed by atoms with Crippen LogP contribution in [0.25, 0.3) is 10.9 Å². The van der Waals surface area contributed by atoms with Gasteiger partial charge in [-0.1, -0.05) is 18.2 Å². The summed E-state index contributed by atoms with van der Waals surface area (Å²) in [6, 6.07) is 13.6. The molecule has 2 unspecified atom stereocenters. The van der Waals surface area contributed by atoms with E-state index in [1.54, 1.807) is 0 Å². The van der Waals surface area contributed by atoms with E-state index >= 15 is 0 Å². The molecule has 1 saturated heterocycles. The van der Waals surface area contributed by atoms with Gasteiger partial charge in [0.2, 0.25) is 0 Å². The Labute approximate surface area is 213 Å². The highest BCUT2D eigenvalue weighted by Gasteiger charge is 2.36. The van der Waals surface area contributed by atoms with Crippen molar-refractivity contribution in [2.45, 2.75) is 58.3 Å². The molecule has 2 atom stereocenters. The summed E-state index contributed by atoms with van der Waals surface area (Å²) >= 11 is 0. The van der Waals surface area contributed by atoms with Gasteiger partial charge in [0.15, 0.2) is 0 Å². The van der Waals surface area contributed by atoms with Gasteiger partial charge in [0.05, 0.1) is 17.6 Å². The van der Waals surface area contributed by atoms with Crippen LogP contribution in [0, 0.1) is 19.8 Å². The van der Waals surface area contributed by atoms with Gasteiger partial charge in [0.1, 0.15) is 12.4 Å². The lowest BCUT2D eigenvalue weighted by atomic mass is 10.0. The maximum Gasteiger partial charge on any atom is 0.256 e. The minimum absolute atomic E-state index is 0.0471. The standard InChI is InChI=1S/C29H37N5O2/c1-18-19(2)30-28-24(18)5-4-6-25(28)29(35)34-11-12-36-27-10-7-20(13-22(27)16-34)15-33(3)17-23-14-26(32-31-23)21-8-9-21/h4-7,10,13,21,23,26,30-32H,8-9,11-12,14-17H2,1-3H3. The van der Waals surface area contributed by atoms with Crippen molar-refractivity contribution in [2.75, 3.05) is 26.7 Å². The predicted octanol–water partition coefficient (Wildman–Crippen LogP) is 3.90. The average Bonchev–Trinajstić information content (AvgIpc) is 3.59. The van der Waals surface area contributed by atoms with Gasteiger partial charge in [0, 0.05) is 48.4 Å². The molecule has 1 amide bonds. The number of likely N-dealkylation sites (N-methyl/N-ethyl adjacent to an activating group) is 1. The number of H-pyrrole nitrogens is 1. The third-order valence-corrected chi connectivity index (χ3v) is 8.15. The predicted molar refractivity (Wildman–Crippen MR) is 142 cm³/mol. The van der Waals surface area contributed by atoms with Crippen molar-refractivity contribution >= 4 is 16.8 Å². The van der Waals surface area contributed by atoms with Crippen molar-refractivity contribution < 1.29 is 9.53 Å². The maximum absolute atomic E-state index is 13.7. The van der Waals surface area contributed by atoms with Gasteiger partial charge in [-0.15, -0.1) is 0 Å². The molecule has 1 aromatic heterocycles. The molecule has 3 aromatic rings. The van der Waals surface area contributed by atoms with E-state index in [4.69, 9.17) is 4.74 Å². The summed E-state index contributed by atoms with van der Waals surface area (Å²) in [4.78, 5) is 21.4. The fraction of sp³-hybridized carbons (Fsp3) is 0.483. The first-order chi connectivity index (χ1) is 17.5. The van der Waals surface area contributed by atoms with E-state index in [-0.39, 0.29) is 5.91 Å². The van der Waals surface area contributed by atoms with Crippen molar-refractivity contribution in [1.82, 2.24) is 25.6 Å². The Morgan fingerprint density at radius 2 is 2.03 bits per heavy atom. The molecule has 3 heterocycles. The molecule has 36 heavy (non-hydrogen) atoms. The largest absolute Gasteiger partial charge is 0.491 e. The van der Waals surface area contributed by atoms with Crippen molar-refractivity contribution in [3.05, 3.63) is 64.3 Å². The highest BCUT2D eigenvalue weighted by Crippen LogP contribution is 2.35. The normalized spacial score (nSPS) is 22.1. The molecule has 2 fully saturated rings. The Balaban J connectivity index is 1.15. The number of aromatic nitrogens is 1. The molecule has 2 aliphatic heterocycles. The Hall–Kier alpha value is -2.87. The molecule has 2 aromatic carbocycles. The van der Waals surface area contributed by atoms with Gasteiger partial charge < -0.3 is 19.5 Å². The van der Waals surface area contributed by atoms with Crippen LogP contribution < -0.4 is 15.6 Å². The molecule has 7 nitrogen and oxygen atoms in total. The van der Waals surface area contributed by atoms with Gasteiger partial charge in [-0.05, 0) is 75.4 Å². The summed E-state index contributed by atoms with van der Waals surface area (Å²) in [5, 5.41) is 1.12. The van der Waals surface area contributed by atoms with Crippen LogP contribution >= 0.6 is 0 Å². The molecule has 1 aliphatic carbocycles. The highest BCUT2D eigenvalue weighted by atomic mass is 16.5. The SMILES string of the molecule is Cc1[nH]c2c(C(=O)N3CCOc4ccc(CN(C)CC5CC(C6CC6)NN5)cc4C3)cccc2c1C. The zero-order chi connectivity index (χ0) is 24.8. The van der Waals surface area contributed by atoms with Crippen LogP contribution in [0.2, 0.25) is 0 Å². The molecule has 7 heteroatoms. The molecule has 0 bridgehead atoms. The number of hydrogen-bond acceptors (Lipinski definition) is 5. The highest BCUT2D eigenvalue weighted by molar-refractivity contribution is 6.06. The first-order valence-corrected chi connectivity index (χ1v) is 13.3. The lowest BCUT2D eigenvalue weighted by Crippen LogP contribution is -2.39. The number of aryl methyl sites for hydroxylation is 2. The number of nitrogens with zero attached hydrogens (tertiary/aromatic N) is 2. The summed E-state index contributed by atoms with van der Waals surface area (Å²) in [5.41, 5.74) is 13.3. The van der Waals surface area contributed by atoms with Crippen molar-refractivity contribution in [3.63, 3.8) is 0 Å². The zero-order valence-corrected chi connectivity index (χ0v) is 21.6. The Morgan fingerprint density at radius 3 is 2.86 bits per heavy atom. The van der Waals surface area contributed by atoms with Crippen molar-refractivity contribution in [2.24, 2.45) is 5.92 Å². The minimum Gasteiger partial charge on any atom is -0.491 e. The topological polar surface area (TPSA) is 72.6 Å². The van der Waals surface area contributed by atoms with E-state index in [1.807, 2.05) is 17.0 Å². The number of ether oxygens (including phenoxy) is 1. The molecule has 190 valence electrons. The van der Waals surface area contributed by atoms with Gasteiger partial charge in [-0.2, -0.15) is 0 Å². The number of aromatic amines is 1. The van der Waals surface area contributed by atoms with Gasteiger partial charge >= 0.3 is 0 Å². The van der Waals surface area contributed by atoms with Crippen LogP contribution in [0.15, 0.2) is 36.4 Å². The number of carbonyl (C=O) groups excluding carboxylic acids is 1. The third-order valence-electron chi connectivity index (χ3n) is 8.15. The van der Waals surface area contributed by atoms with Crippen LogP contribution in [0.1, 0.15) is 52.0 Å². The summed E-state index contributed by atoms with van der Waals surface area (Å²) in [7, 11) is 2.19. The van der Waals surface area contributed by atoms with Gasteiger partial charge in [-0.25, -0.2) is 0 Å². The van der Waals surface area contributed by atoms with E-state index in [0.29, 0.717) is 31.8 Å². The summed E-state index contributed by atoms with van der Waals surface area (Å²) in [6.45, 7) is 7.66. The van der Waals surface area contributed by atoms with Crippen LogP contribution in [0.4, 0.5) is 0 Å². The number of rotatable bonds is 6. The smallest absolute Gasteiger partial charge is 0.256 e. The zero-order valence-electron chi connectivity index (χ0n) is 21.6. The Bertz CT molecular complexity index is 1280. The number of nitrogens with one attached hydrogen (secondary N) is 3. The molecule has 0 spiro atoms. The second-order valence-electron chi connectivity index (χ2n) is 11.0. The Kier molecular flexibility index (Phi) is 6.23. The molecule has 3 aliphatic rings. The second-order valence-corrected chi connectivity index (χ2v) is 11.0. The lowest BCUT2D eigenvalue weighted by molar-refractivity contribution is 0.0735. The average molecular weight is 488 g/mol. The van der Waals surface area contributed by atoms with Gasteiger partial charge in [-0.3, -0.25) is 15.6 Å². The fourth-order valence-corrected chi connectivity index (χ4v) is 5.88. The number of hydrogen-bond donors (Lipinski definition) is 3. The van der Waals surface area contributed by atoms with Crippen LogP contribution in [-0.2, 0) is 13.1 Å². The van der Waals surface area contributed by atoms with Crippen molar-refractivity contribution in [3.8, 4) is 5.75 Å². The Morgan fingerprint density at radius 1 is 1.17 bits per heavy atom. The quantitative estimate of drug-likeness (QED) is 0.492. The lowest BCUT2D eigenvalue weighted by Gasteiger charge is -2.22. The summed E-state index contributed by atoms with van der Waals surface area (Å²) in [5.74, 6) is 1.81. The van der Waals surface area contributed by atoms with E-state index < -0.39 is 0 Å². The van der Waals surface area contributed by atoms with Crippen LogP contribution in [0.5, 0.6) is 5.75 Å². The fourth-order valence-electron chi connectivity index (χ4n) is 5.88. The first-order valence-electron chi connectivity index (χ1n) is 13.3. The molecule has 0 radical (unpaired) electrons. The third kappa shape index (κ3) is 4.63. The molecular formula is C29H37N5O2. The molecule has 6 rings (SSSR count). The van der Waals surface area contributed by atoms with Crippen LogP contribution in [0.3, 0.4) is 0 Å². The number of benzene rings is 2. The number of para-hydroxylation sites is 1. The van der Waals surface area contributed by atoms with Crippen molar-refractivity contribution in [1.29, 1.82) is 0 Å². The first kappa shape index (κ1) is 23.5. The maximum atomic E-state index is 13.7. The minimum atomic E-state index is 0.0471. The van der Waals surface area contributed by atoms with E-state index in [0.717, 1.165) is 52.5 Å². The number of fused-ring (bicyclic) bond motifs is 2. The van der Waals surface area contributed by atoms with E-state index in [2.05, 4.69) is 65.9 Å². The molecular weight excluding hydrogens is 450 g/mol. The monoisotopic (exact) mass is 487 g/mol.